The number of nitrogens with zero attached hydrogens (tertiary/aromatic N) is 6. The molecular formula is C24H24N6. The second-order valence-corrected chi connectivity index (χ2v) is 7.88. The lowest BCUT2D eigenvalue weighted by Crippen LogP contribution is -2.49. The Morgan fingerprint density at radius 3 is 1.77 bits per heavy atom. The smallest absolute Gasteiger partial charge is 0.186 e. The van der Waals surface area contributed by atoms with Gasteiger partial charge in [-0.05, 0) is 37.6 Å². The number of rotatable bonds is 5. The first-order chi connectivity index (χ1) is 14.7. The van der Waals surface area contributed by atoms with Crippen molar-refractivity contribution in [1.29, 1.82) is 0 Å². The lowest BCUT2D eigenvalue weighted by Gasteiger charge is -2.40. The van der Waals surface area contributed by atoms with E-state index in [1.54, 1.807) is 0 Å². The highest BCUT2D eigenvalue weighted by Gasteiger charge is 2.45. The predicted octanol–water partition coefficient (Wildman–Crippen LogP) is 4.78. The summed E-state index contributed by atoms with van der Waals surface area (Å²) in [7, 11) is 0. The molecule has 0 N–H and O–H groups in total. The molecule has 0 bridgehead atoms. The molecule has 0 radical (unpaired) electrons. The van der Waals surface area contributed by atoms with E-state index < -0.39 is 5.66 Å². The molecule has 150 valence electrons. The summed E-state index contributed by atoms with van der Waals surface area (Å²) in [4.78, 5) is 0. The van der Waals surface area contributed by atoms with Crippen LogP contribution in [0.1, 0.15) is 31.4 Å². The van der Waals surface area contributed by atoms with Crippen molar-refractivity contribution in [2.45, 2.75) is 32.9 Å². The van der Waals surface area contributed by atoms with Crippen LogP contribution in [0, 0.1) is 12.8 Å². The van der Waals surface area contributed by atoms with Gasteiger partial charge >= 0.3 is 0 Å². The largest absolute Gasteiger partial charge is 0.212 e. The molecule has 5 rings (SSSR count). The molecule has 0 saturated carbocycles. The van der Waals surface area contributed by atoms with E-state index in [1.165, 1.54) is 5.56 Å². The summed E-state index contributed by atoms with van der Waals surface area (Å²) in [6, 6.07) is 24.8. The molecule has 6 heteroatoms. The Kier molecular flexibility index (Phi) is 4.35. The standard InChI is InChI=1S/C24H24N6/c1-4-18(3)24(19-15-13-17(2)14-16-19,29-22-11-7-5-9-20(22)25-27-29)30-23-12-8-6-10-21(23)26-28-30/h5-16,18H,4H2,1-3H3. The molecule has 0 spiro atoms. The van der Waals surface area contributed by atoms with Gasteiger partial charge < -0.3 is 0 Å². The zero-order valence-corrected chi connectivity index (χ0v) is 17.4. The summed E-state index contributed by atoms with van der Waals surface area (Å²) in [5.41, 5.74) is 5.27. The third-order valence-corrected chi connectivity index (χ3v) is 6.13. The van der Waals surface area contributed by atoms with Crippen LogP contribution in [0.3, 0.4) is 0 Å². The van der Waals surface area contributed by atoms with E-state index in [0.29, 0.717) is 0 Å². The molecule has 1 unspecified atom stereocenters. The van der Waals surface area contributed by atoms with E-state index in [1.807, 2.05) is 45.8 Å². The van der Waals surface area contributed by atoms with E-state index in [2.05, 4.69) is 77.8 Å². The van der Waals surface area contributed by atoms with Gasteiger partial charge in [0.15, 0.2) is 5.66 Å². The molecule has 0 saturated heterocycles. The summed E-state index contributed by atoms with van der Waals surface area (Å²) in [6.07, 6.45) is 0.927. The summed E-state index contributed by atoms with van der Waals surface area (Å²) < 4.78 is 4.06. The van der Waals surface area contributed by atoms with Crippen molar-refractivity contribution >= 4 is 22.1 Å². The molecule has 0 aliphatic rings. The number of aromatic nitrogens is 6. The third-order valence-electron chi connectivity index (χ3n) is 6.13. The maximum atomic E-state index is 4.68. The SMILES string of the molecule is CCC(C)C(c1ccc(C)cc1)(n1nnc2ccccc21)n1nnc2ccccc21. The van der Waals surface area contributed by atoms with Crippen molar-refractivity contribution in [2.24, 2.45) is 5.92 Å². The minimum Gasteiger partial charge on any atom is -0.212 e. The predicted molar refractivity (Wildman–Crippen MR) is 118 cm³/mol. The van der Waals surface area contributed by atoms with Gasteiger partial charge in [0.2, 0.25) is 0 Å². The van der Waals surface area contributed by atoms with Crippen LogP contribution >= 0.6 is 0 Å². The monoisotopic (exact) mass is 396 g/mol. The number of para-hydroxylation sites is 2. The highest BCUT2D eigenvalue weighted by Crippen LogP contribution is 2.40. The lowest BCUT2D eigenvalue weighted by molar-refractivity contribution is 0.152. The van der Waals surface area contributed by atoms with Gasteiger partial charge in [-0.25, -0.2) is 9.36 Å². The summed E-state index contributed by atoms with van der Waals surface area (Å²) in [6.45, 7) is 6.54. The molecule has 30 heavy (non-hydrogen) atoms. The molecule has 2 aromatic heterocycles. The topological polar surface area (TPSA) is 61.4 Å². The number of benzene rings is 3. The van der Waals surface area contributed by atoms with E-state index in [0.717, 1.165) is 34.1 Å². The van der Waals surface area contributed by atoms with Crippen molar-refractivity contribution < 1.29 is 0 Å². The fourth-order valence-corrected chi connectivity index (χ4v) is 4.36. The maximum absolute atomic E-state index is 4.68. The van der Waals surface area contributed by atoms with Crippen LogP contribution < -0.4 is 0 Å². The van der Waals surface area contributed by atoms with Crippen molar-refractivity contribution in [1.82, 2.24) is 30.0 Å². The van der Waals surface area contributed by atoms with Gasteiger partial charge in [-0.1, -0.05) is 78.4 Å². The first-order valence-corrected chi connectivity index (χ1v) is 10.3. The van der Waals surface area contributed by atoms with Crippen molar-refractivity contribution in [3.63, 3.8) is 0 Å². The number of hydrogen-bond donors (Lipinski definition) is 0. The van der Waals surface area contributed by atoms with Gasteiger partial charge in [-0.3, -0.25) is 0 Å². The fraction of sp³-hybridized carbons (Fsp3) is 0.250. The molecule has 0 aliphatic heterocycles. The van der Waals surface area contributed by atoms with E-state index in [4.69, 9.17) is 0 Å². The zero-order valence-electron chi connectivity index (χ0n) is 17.4. The van der Waals surface area contributed by atoms with Gasteiger partial charge in [0, 0.05) is 11.5 Å². The number of hydrogen-bond acceptors (Lipinski definition) is 4. The average molecular weight is 396 g/mol. The van der Waals surface area contributed by atoms with E-state index in [-0.39, 0.29) is 5.92 Å². The van der Waals surface area contributed by atoms with Crippen LogP contribution in [-0.4, -0.2) is 30.0 Å². The van der Waals surface area contributed by atoms with Crippen molar-refractivity contribution in [3.8, 4) is 0 Å². The second kappa shape index (κ2) is 7.06. The average Bonchev–Trinajstić information content (AvgIpc) is 3.41. The third kappa shape index (κ3) is 2.56. The lowest BCUT2D eigenvalue weighted by atomic mass is 9.84. The molecule has 5 aromatic rings. The first kappa shape index (κ1) is 18.5. The molecule has 6 nitrogen and oxygen atoms in total. The zero-order chi connectivity index (χ0) is 20.7. The molecule has 0 aliphatic carbocycles. The Bertz CT molecular complexity index is 1240. The van der Waals surface area contributed by atoms with Gasteiger partial charge in [-0.2, -0.15) is 0 Å². The maximum Gasteiger partial charge on any atom is 0.186 e. The van der Waals surface area contributed by atoms with Gasteiger partial charge in [-0.15, -0.1) is 10.2 Å². The summed E-state index contributed by atoms with van der Waals surface area (Å²) >= 11 is 0. The van der Waals surface area contributed by atoms with Crippen molar-refractivity contribution in [3.05, 3.63) is 83.9 Å². The minimum atomic E-state index is -0.714. The Balaban J connectivity index is 1.95. The van der Waals surface area contributed by atoms with Gasteiger partial charge in [0.25, 0.3) is 0 Å². The molecule has 1 atom stereocenters. The van der Waals surface area contributed by atoms with E-state index in [9.17, 15) is 0 Å². The van der Waals surface area contributed by atoms with Crippen LogP contribution in [0.5, 0.6) is 0 Å². The van der Waals surface area contributed by atoms with Gasteiger partial charge in [0.1, 0.15) is 11.0 Å². The second-order valence-electron chi connectivity index (χ2n) is 7.88. The van der Waals surface area contributed by atoms with Crippen LogP contribution in [-0.2, 0) is 5.66 Å². The molecular weight excluding hydrogens is 372 g/mol. The molecule has 0 amide bonds. The Labute approximate surface area is 175 Å². The van der Waals surface area contributed by atoms with Gasteiger partial charge in [0.05, 0.1) is 11.0 Å². The molecule has 3 aromatic carbocycles. The fourth-order valence-electron chi connectivity index (χ4n) is 4.36. The van der Waals surface area contributed by atoms with Crippen molar-refractivity contribution in [2.75, 3.05) is 0 Å². The highest BCUT2D eigenvalue weighted by atomic mass is 15.6. The minimum absolute atomic E-state index is 0.162. The van der Waals surface area contributed by atoms with E-state index >= 15 is 0 Å². The quantitative estimate of drug-likeness (QED) is 0.429. The Hall–Kier alpha value is -3.54. The number of fused-ring (bicyclic) bond motifs is 2. The number of aryl methyl sites for hydroxylation is 1. The van der Waals surface area contributed by atoms with Crippen LogP contribution in [0.15, 0.2) is 72.8 Å². The first-order valence-electron chi connectivity index (χ1n) is 10.3. The van der Waals surface area contributed by atoms with Crippen LogP contribution in [0.25, 0.3) is 22.1 Å². The van der Waals surface area contributed by atoms with Crippen LogP contribution in [0.2, 0.25) is 0 Å². The Morgan fingerprint density at radius 2 is 1.27 bits per heavy atom. The summed E-state index contributed by atoms with van der Waals surface area (Å²) in [5.74, 6) is 0.162. The highest BCUT2D eigenvalue weighted by molar-refractivity contribution is 5.76. The Morgan fingerprint density at radius 1 is 0.767 bits per heavy atom. The molecule has 0 fully saturated rings. The normalized spacial score (nSPS) is 13.2. The summed E-state index contributed by atoms with van der Waals surface area (Å²) in [5, 5.41) is 18.3. The van der Waals surface area contributed by atoms with Crippen LogP contribution in [0.4, 0.5) is 0 Å². The molecule has 2 heterocycles.